The van der Waals surface area contributed by atoms with Crippen molar-refractivity contribution in [3.8, 4) is 6.07 Å². The fourth-order valence-electron chi connectivity index (χ4n) is 5.04. The molecular weight excluding hydrogens is 551 g/mol. The lowest BCUT2D eigenvalue weighted by Gasteiger charge is -2.35. The van der Waals surface area contributed by atoms with Gasteiger partial charge in [-0.3, -0.25) is 23.9 Å². The number of benzene rings is 1. The number of ether oxygens (including phenoxy) is 1. The molecule has 2 saturated heterocycles. The number of amides is 1. The third-order valence-corrected chi connectivity index (χ3v) is 8.49. The fourth-order valence-corrected chi connectivity index (χ4v) is 6.28. The van der Waals surface area contributed by atoms with Crippen LogP contribution in [0.4, 0.5) is 10.2 Å². The van der Waals surface area contributed by atoms with E-state index < -0.39 is 0 Å². The predicted octanol–water partition coefficient (Wildman–Crippen LogP) is 4.76. The number of esters is 1. The van der Waals surface area contributed by atoms with Gasteiger partial charge in [-0.15, -0.1) is 0 Å². The molecule has 0 bridgehead atoms. The number of carbonyl (C=O) groups excluding carboxylic acids is 2. The summed E-state index contributed by atoms with van der Waals surface area (Å²) in [5, 5.41) is 9.87. The van der Waals surface area contributed by atoms with Crippen molar-refractivity contribution in [2.45, 2.75) is 53.1 Å². The number of halogens is 1. The summed E-state index contributed by atoms with van der Waals surface area (Å²) in [6.07, 6.45) is 3.52. The van der Waals surface area contributed by atoms with Crippen molar-refractivity contribution >= 4 is 52.1 Å². The molecular formula is C29H31FN4O4S2. The van der Waals surface area contributed by atoms with Crippen LogP contribution >= 0.6 is 24.0 Å². The van der Waals surface area contributed by atoms with Crippen molar-refractivity contribution in [1.82, 2.24) is 9.47 Å². The number of pyridine rings is 1. The van der Waals surface area contributed by atoms with Crippen molar-refractivity contribution in [2.24, 2.45) is 5.92 Å². The number of thioether (sulfide) groups is 1. The van der Waals surface area contributed by atoms with E-state index in [2.05, 4.69) is 11.0 Å². The summed E-state index contributed by atoms with van der Waals surface area (Å²) in [6, 6.07) is 7.95. The number of piperidine rings is 1. The Hall–Kier alpha value is -3.49. The van der Waals surface area contributed by atoms with E-state index in [1.807, 2.05) is 6.92 Å². The van der Waals surface area contributed by atoms with Gasteiger partial charge in [-0.2, -0.15) is 5.26 Å². The molecule has 0 unspecified atom stereocenters. The Morgan fingerprint density at radius 3 is 2.50 bits per heavy atom. The first-order valence-corrected chi connectivity index (χ1v) is 14.5. The maximum Gasteiger partial charge on any atom is 0.309 e. The Bertz CT molecular complexity index is 1450. The molecule has 1 aromatic carbocycles. The van der Waals surface area contributed by atoms with Crippen LogP contribution in [0.25, 0.3) is 6.08 Å². The van der Waals surface area contributed by atoms with E-state index in [0.717, 1.165) is 17.3 Å². The summed E-state index contributed by atoms with van der Waals surface area (Å²) in [6.45, 7) is 7.42. The van der Waals surface area contributed by atoms with Gasteiger partial charge in [-0.1, -0.05) is 43.0 Å². The minimum absolute atomic E-state index is 0.0339. The summed E-state index contributed by atoms with van der Waals surface area (Å²) >= 11 is 6.67. The quantitative estimate of drug-likeness (QED) is 0.250. The van der Waals surface area contributed by atoms with E-state index in [1.165, 1.54) is 17.0 Å². The normalized spacial score (nSPS) is 17.0. The van der Waals surface area contributed by atoms with Crippen LogP contribution in [0.5, 0.6) is 0 Å². The van der Waals surface area contributed by atoms with Gasteiger partial charge in [0.2, 0.25) is 0 Å². The third kappa shape index (κ3) is 5.98. The van der Waals surface area contributed by atoms with Crippen LogP contribution in [0.3, 0.4) is 0 Å². The molecule has 0 radical (unpaired) electrons. The smallest absolute Gasteiger partial charge is 0.309 e. The molecule has 0 N–H and O–H groups in total. The van der Waals surface area contributed by atoms with Crippen molar-refractivity contribution in [2.75, 3.05) is 24.6 Å². The van der Waals surface area contributed by atoms with E-state index >= 15 is 0 Å². The van der Waals surface area contributed by atoms with Crippen molar-refractivity contribution in [3.05, 3.63) is 67.6 Å². The highest BCUT2D eigenvalue weighted by Crippen LogP contribution is 2.37. The Labute approximate surface area is 242 Å². The second-order valence-electron chi connectivity index (χ2n) is 9.71. The van der Waals surface area contributed by atoms with Crippen LogP contribution in [-0.2, 0) is 27.4 Å². The Balaban J connectivity index is 1.75. The van der Waals surface area contributed by atoms with Crippen molar-refractivity contribution in [1.29, 1.82) is 5.26 Å². The highest BCUT2D eigenvalue weighted by molar-refractivity contribution is 8.26. The summed E-state index contributed by atoms with van der Waals surface area (Å²) in [5.74, 6) is -0.451. The largest absolute Gasteiger partial charge is 0.466 e. The van der Waals surface area contributed by atoms with Gasteiger partial charge >= 0.3 is 5.97 Å². The summed E-state index contributed by atoms with van der Waals surface area (Å²) < 4.78 is 20.6. The van der Waals surface area contributed by atoms with Gasteiger partial charge < -0.3 is 9.64 Å². The average molecular weight is 583 g/mol. The molecule has 0 saturated carbocycles. The Morgan fingerprint density at radius 1 is 1.23 bits per heavy atom. The number of hydrogen-bond donors (Lipinski definition) is 0. The van der Waals surface area contributed by atoms with E-state index in [0.29, 0.717) is 71.7 Å². The van der Waals surface area contributed by atoms with E-state index in [-0.39, 0.29) is 41.3 Å². The van der Waals surface area contributed by atoms with Gasteiger partial charge in [0.05, 0.1) is 24.0 Å². The van der Waals surface area contributed by atoms with E-state index in [9.17, 15) is 24.0 Å². The van der Waals surface area contributed by atoms with Gasteiger partial charge in [0.15, 0.2) is 0 Å². The lowest BCUT2D eigenvalue weighted by Crippen LogP contribution is -2.41. The summed E-state index contributed by atoms with van der Waals surface area (Å²) in [4.78, 5) is 43.1. The molecule has 40 heavy (non-hydrogen) atoms. The maximum atomic E-state index is 13.5. The average Bonchev–Trinajstić information content (AvgIpc) is 3.20. The standard InChI is InChI=1S/C29H31FN4O4S2/c1-4-12-33-25(32-13-10-20(11-14-32)28(37)38-5-2)22(18(3)23(16-31)26(33)35)15-24-27(36)34(29(39)40-24)17-19-6-8-21(30)9-7-19/h6-9,15,20H,4-5,10-14,17H2,1-3H3/b24-15-. The molecule has 8 nitrogen and oxygen atoms in total. The number of nitriles is 1. The summed E-state index contributed by atoms with van der Waals surface area (Å²) in [7, 11) is 0. The van der Waals surface area contributed by atoms with Gasteiger partial charge in [-0.25, -0.2) is 4.39 Å². The second-order valence-corrected chi connectivity index (χ2v) is 11.4. The highest BCUT2D eigenvalue weighted by Gasteiger charge is 2.34. The number of anilines is 1. The predicted molar refractivity (Wildman–Crippen MR) is 157 cm³/mol. The van der Waals surface area contributed by atoms with Gasteiger partial charge in [-0.05, 0) is 62.4 Å². The third-order valence-electron chi connectivity index (χ3n) is 7.11. The van der Waals surface area contributed by atoms with Crippen molar-refractivity contribution < 1.29 is 18.7 Å². The van der Waals surface area contributed by atoms with Crippen LogP contribution < -0.4 is 10.5 Å². The Kier molecular flexibility index (Phi) is 9.43. The number of hydrogen-bond acceptors (Lipinski definition) is 8. The lowest BCUT2D eigenvalue weighted by atomic mass is 9.95. The SMILES string of the molecule is CCCn1c(N2CCC(C(=O)OCC)CC2)c(/C=C2\SC(=S)N(Cc3ccc(F)cc3)C2=O)c(C)c(C#N)c1=O. The minimum Gasteiger partial charge on any atom is -0.466 e. The molecule has 2 fully saturated rings. The molecule has 1 amide bonds. The maximum absolute atomic E-state index is 13.5. The molecule has 210 valence electrons. The first kappa shape index (κ1) is 29.5. The van der Waals surface area contributed by atoms with E-state index in [4.69, 9.17) is 17.0 Å². The zero-order valence-electron chi connectivity index (χ0n) is 22.7. The molecule has 11 heteroatoms. The van der Waals surface area contributed by atoms with Crippen LogP contribution in [0.15, 0.2) is 34.0 Å². The topological polar surface area (TPSA) is 95.6 Å². The van der Waals surface area contributed by atoms with Gasteiger partial charge in [0.1, 0.15) is 27.6 Å². The van der Waals surface area contributed by atoms with E-state index in [1.54, 1.807) is 36.6 Å². The molecule has 4 rings (SSSR count). The summed E-state index contributed by atoms with van der Waals surface area (Å²) in [5.41, 5.74) is 1.51. The monoisotopic (exact) mass is 582 g/mol. The molecule has 0 atom stereocenters. The van der Waals surface area contributed by atoms with Gasteiger partial charge in [0.25, 0.3) is 11.5 Å². The number of rotatable bonds is 8. The molecule has 0 spiro atoms. The first-order chi connectivity index (χ1) is 19.2. The first-order valence-electron chi connectivity index (χ1n) is 13.3. The fraction of sp³-hybridized carbons (Fsp3) is 0.414. The molecule has 1 aromatic heterocycles. The minimum atomic E-state index is -0.370. The number of nitrogens with zero attached hydrogens (tertiary/aromatic N) is 4. The van der Waals surface area contributed by atoms with Gasteiger partial charge in [0, 0.05) is 25.2 Å². The number of carbonyl (C=O) groups is 2. The second kappa shape index (κ2) is 12.8. The molecule has 2 aromatic rings. The molecule has 3 heterocycles. The molecule has 2 aliphatic heterocycles. The number of thiocarbonyl (C=S) groups is 1. The van der Waals surface area contributed by atoms with Crippen LogP contribution in [0.1, 0.15) is 55.4 Å². The lowest BCUT2D eigenvalue weighted by molar-refractivity contribution is -0.148. The van der Waals surface area contributed by atoms with Crippen LogP contribution in [0, 0.1) is 30.0 Å². The van der Waals surface area contributed by atoms with Crippen LogP contribution in [-0.4, -0.2) is 45.4 Å². The molecule has 0 aliphatic carbocycles. The molecule has 2 aliphatic rings. The zero-order chi connectivity index (χ0) is 29.0. The zero-order valence-corrected chi connectivity index (χ0v) is 24.4. The van der Waals surface area contributed by atoms with Crippen molar-refractivity contribution in [3.63, 3.8) is 0 Å². The number of aromatic nitrogens is 1. The van der Waals surface area contributed by atoms with Crippen LogP contribution in [0.2, 0.25) is 0 Å². The highest BCUT2D eigenvalue weighted by atomic mass is 32.2. The Morgan fingerprint density at radius 2 is 1.90 bits per heavy atom.